The fraction of sp³-hybridized carbons (Fsp3) is 0.571. The van der Waals surface area contributed by atoms with Gasteiger partial charge in [-0.15, -0.1) is 0 Å². The zero-order chi connectivity index (χ0) is 14.8. The van der Waals surface area contributed by atoms with Crippen LogP contribution in [-0.2, 0) is 16.4 Å². The summed E-state index contributed by atoms with van der Waals surface area (Å²) in [6.45, 7) is 5.47. The molecule has 1 aromatic carbocycles. The van der Waals surface area contributed by atoms with Crippen molar-refractivity contribution in [2.75, 3.05) is 26.0 Å². The standard InChI is InChI=1S/C14H21NO4S/c1-14(2,20(3,16)17)10-15-9-11-5-4-6-12-13(11)19-8-7-18-12/h4-6,15H,7-10H2,1-3H3. The van der Waals surface area contributed by atoms with Gasteiger partial charge in [-0.3, -0.25) is 0 Å². The van der Waals surface area contributed by atoms with Crippen LogP contribution in [0.2, 0.25) is 0 Å². The van der Waals surface area contributed by atoms with Gasteiger partial charge in [-0.05, 0) is 19.9 Å². The lowest BCUT2D eigenvalue weighted by atomic mass is 10.1. The van der Waals surface area contributed by atoms with Crippen LogP contribution < -0.4 is 14.8 Å². The minimum Gasteiger partial charge on any atom is -0.486 e. The molecule has 0 aliphatic carbocycles. The van der Waals surface area contributed by atoms with E-state index in [1.165, 1.54) is 6.26 Å². The van der Waals surface area contributed by atoms with Gasteiger partial charge in [-0.2, -0.15) is 0 Å². The molecule has 0 radical (unpaired) electrons. The molecule has 0 fully saturated rings. The topological polar surface area (TPSA) is 64.6 Å². The van der Waals surface area contributed by atoms with Crippen LogP contribution in [0, 0.1) is 0 Å². The van der Waals surface area contributed by atoms with E-state index in [4.69, 9.17) is 9.47 Å². The van der Waals surface area contributed by atoms with Gasteiger partial charge < -0.3 is 14.8 Å². The molecule has 1 aliphatic heterocycles. The van der Waals surface area contributed by atoms with E-state index < -0.39 is 14.6 Å². The molecule has 0 amide bonds. The average Bonchev–Trinajstić information content (AvgIpc) is 2.37. The number of para-hydroxylation sites is 1. The third kappa shape index (κ3) is 3.24. The maximum absolute atomic E-state index is 11.6. The van der Waals surface area contributed by atoms with E-state index in [2.05, 4.69) is 5.32 Å². The van der Waals surface area contributed by atoms with Crippen LogP contribution in [0.15, 0.2) is 18.2 Å². The molecule has 6 heteroatoms. The summed E-state index contributed by atoms with van der Waals surface area (Å²) in [5, 5.41) is 3.18. The number of hydrogen-bond donors (Lipinski definition) is 1. The predicted octanol–water partition coefficient (Wildman–Crippen LogP) is 1.37. The van der Waals surface area contributed by atoms with Gasteiger partial charge in [0.05, 0.1) is 4.75 Å². The quantitative estimate of drug-likeness (QED) is 0.889. The second-order valence-electron chi connectivity index (χ2n) is 5.58. The van der Waals surface area contributed by atoms with E-state index in [0.717, 1.165) is 17.1 Å². The molecule has 1 aliphatic rings. The monoisotopic (exact) mass is 299 g/mol. The Morgan fingerprint density at radius 1 is 1.25 bits per heavy atom. The van der Waals surface area contributed by atoms with Crippen LogP contribution in [0.3, 0.4) is 0 Å². The highest BCUT2D eigenvalue weighted by Gasteiger charge is 2.29. The number of sulfone groups is 1. The van der Waals surface area contributed by atoms with Crippen molar-refractivity contribution in [1.29, 1.82) is 0 Å². The fourth-order valence-corrected chi connectivity index (χ4v) is 2.27. The lowest BCUT2D eigenvalue weighted by Crippen LogP contribution is -2.41. The SMILES string of the molecule is CC(C)(CNCc1cccc2c1OCCO2)S(C)(=O)=O. The molecule has 20 heavy (non-hydrogen) atoms. The summed E-state index contributed by atoms with van der Waals surface area (Å²) in [5.74, 6) is 1.50. The molecule has 1 aromatic rings. The van der Waals surface area contributed by atoms with E-state index in [9.17, 15) is 8.42 Å². The summed E-state index contributed by atoms with van der Waals surface area (Å²) >= 11 is 0. The van der Waals surface area contributed by atoms with Crippen molar-refractivity contribution in [3.63, 3.8) is 0 Å². The molecular weight excluding hydrogens is 278 g/mol. The molecule has 2 rings (SSSR count). The van der Waals surface area contributed by atoms with Crippen LogP contribution >= 0.6 is 0 Å². The van der Waals surface area contributed by atoms with Crippen LogP contribution in [-0.4, -0.2) is 39.2 Å². The first-order chi connectivity index (χ1) is 9.31. The van der Waals surface area contributed by atoms with Crippen LogP contribution in [0.4, 0.5) is 0 Å². The van der Waals surface area contributed by atoms with Crippen LogP contribution in [0.5, 0.6) is 11.5 Å². The Balaban J connectivity index is 2.02. The molecule has 0 bridgehead atoms. The van der Waals surface area contributed by atoms with E-state index >= 15 is 0 Å². The van der Waals surface area contributed by atoms with E-state index in [1.54, 1.807) is 13.8 Å². The molecule has 1 N–H and O–H groups in total. The lowest BCUT2D eigenvalue weighted by molar-refractivity contribution is 0.169. The molecule has 1 heterocycles. The van der Waals surface area contributed by atoms with E-state index in [0.29, 0.717) is 26.3 Å². The predicted molar refractivity (Wildman–Crippen MR) is 78.1 cm³/mol. The first kappa shape index (κ1) is 15.1. The first-order valence-corrected chi connectivity index (χ1v) is 8.48. The normalized spacial score (nSPS) is 15.2. The van der Waals surface area contributed by atoms with Gasteiger partial charge in [0.25, 0.3) is 0 Å². The van der Waals surface area contributed by atoms with Crippen molar-refractivity contribution in [2.45, 2.75) is 25.1 Å². The van der Waals surface area contributed by atoms with Gasteiger partial charge in [0.15, 0.2) is 21.3 Å². The Bertz CT molecular complexity index is 581. The number of hydrogen-bond acceptors (Lipinski definition) is 5. The first-order valence-electron chi connectivity index (χ1n) is 6.59. The summed E-state index contributed by atoms with van der Waals surface area (Å²) in [4.78, 5) is 0. The molecular formula is C14H21NO4S. The smallest absolute Gasteiger partial charge is 0.165 e. The maximum Gasteiger partial charge on any atom is 0.165 e. The van der Waals surface area contributed by atoms with Gasteiger partial charge in [0.1, 0.15) is 13.2 Å². The van der Waals surface area contributed by atoms with Crippen molar-refractivity contribution < 1.29 is 17.9 Å². The molecule has 0 unspecified atom stereocenters. The number of fused-ring (bicyclic) bond motifs is 1. The van der Waals surface area contributed by atoms with Crippen molar-refractivity contribution in [3.05, 3.63) is 23.8 Å². The van der Waals surface area contributed by atoms with Gasteiger partial charge >= 0.3 is 0 Å². The molecule has 0 spiro atoms. The Labute approximate surface area is 120 Å². The van der Waals surface area contributed by atoms with Crippen molar-refractivity contribution in [2.24, 2.45) is 0 Å². The van der Waals surface area contributed by atoms with Gasteiger partial charge in [0, 0.05) is 24.9 Å². The fourth-order valence-electron chi connectivity index (χ4n) is 1.90. The highest BCUT2D eigenvalue weighted by atomic mass is 32.2. The van der Waals surface area contributed by atoms with Crippen molar-refractivity contribution in [3.8, 4) is 11.5 Å². The Morgan fingerprint density at radius 3 is 2.65 bits per heavy atom. The second kappa shape index (κ2) is 5.61. The van der Waals surface area contributed by atoms with Crippen molar-refractivity contribution >= 4 is 9.84 Å². The van der Waals surface area contributed by atoms with Gasteiger partial charge in [0.2, 0.25) is 0 Å². The molecule has 0 saturated carbocycles. The molecule has 0 atom stereocenters. The maximum atomic E-state index is 11.6. The molecule has 112 valence electrons. The third-order valence-corrected chi connectivity index (χ3v) is 5.67. The largest absolute Gasteiger partial charge is 0.486 e. The second-order valence-corrected chi connectivity index (χ2v) is 8.23. The highest BCUT2D eigenvalue weighted by Crippen LogP contribution is 2.33. The van der Waals surface area contributed by atoms with Gasteiger partial charge in [-0.1, -0.05) is 12.1 Å². The lowest BCUT2D eigenvalue weighted by Gasteiger charge is -2.24. The number of rotatable bonds is 5. The Kier molecular flexibility index (Phi) is 4.25. The summed E-state index contributed by atoms with van der Waals surface area (Å²) in [6, 6.07) is 5.73. The summed E-state index contributed by atoms with van der Waals surface area (Å²) < 4.78 is 33.6. The minimum absolute atomic E-state index is 0.385. The van der Waals surface area contributed by atoms with Crippen molar-refractivity contribution in [1.82, 2.24) is 5.32 Å². The highest BCUT2D eigenvalue weighted by molar-refractivity contribution is 7.92. The van der Waals surface area contributed by atoms with Crippen LogP contribution in [0.1, 0.15) is 19.4 Å². The average molecular weight is 299 g/mol. The van der Waals surface area contributed by atoms with Crippen LogP contribution in [0.25, 0.3) is 0 Å². The number of ether oxygens (including phenoxy) is 2. The molecule has 0 aromatic heterocycles. The van der Waals surface area contributed by atoms with E-state index in [1.807, 2.05) is 18.2 Å². The van der Waals surface area contributed by atoms with Gasteiger partial charge in [-0.25, -0.2) is 8.42 Å². The third-order valence-electron chi connectivity index (χ3n) is 3.52. The summed E-state index contributed by atoms with van der Waals surface area (Å²) in [7, 11) is -3.09. The minimum atomic E-state index is -3.09. The van der Waals surface area contributed by atoms with E-state index in [-0.39, 0.29) is 0 Å². The zero-order valence-corrected chi connectivity index (χ0v) is 12.9. The Hall–Kier alpha value is -1.27. The molecule has 5 nitrogen and oxygen atoms in total. The number of benzene rings is 1. The summed E-state index contributed by atoms with van der Waals surface area (Å²) in [5.41, 5.74) is 0.978. The summed E-state index contributed by atoms with van der Waals surface area (Å²) in [6.07, 6.45) is 1.26. The zero-order valence-electron chi connectivity index (χ0n) is 12.1. The number of nitrogens with one attached hydrogen (secondary N) is 1. The Morgan fingerprint density at radius 2 is 1.95 bits per heavy atom. The molecule has 0 saturated heterocycles.